The maximum Gasteiger partial charge on any atom is 0.244 e. The summed E-state index contributed by atoms with van der Waals surface area (Å²) in [6, 6.07) is 8.51. The lowest BCUT2D eigenvalue weighted by Gasteiger charge is -2.15. The fraction of sp³-hybridized carbons (Fsp3) is 0.154. The van der Waals surface area contributed by atoms with Crippen molar-refractivity contribution < 1.29 is 8.42 Å². The number of hydrogen-bond acceptors (Lipinski definition) is 4. The summed E-state index contributed by atoms with van der Waals surface area (Å²) in [5.74, 6) is 0. The molecule has 0 spiro atoms. The predicted octanol–water partition coefficient (Wildman–Crippen LogP) is 2.47. The van der Waals surface area contributed by atoms with Crippen molar-refractivity contribution in [1.29, 1.82) is 0 Å². The Morgan fingerprint density at radius 2 is 1.90 bits per heavy atom. The van der Waals surface area contributed by atoms with Crippen molar-refractivity contribution in [2.75, 3.05) is 5.73 Å². The monoisotopic (exact) mass is 355 g/mol. The van der Waals surface area contributed by atoms with Crippen LogP contribution in [0.15, 0.2) is 52.1 Å². The first kappa shape index (κ1) is 15.0. The maximum atomic E-state index is 12.3. The van der Waals surface area contributed by atoms with Gasteiger partial charge in [0.2, 0.25) is 10.0 Å². The van der Waals surface area contributed by atoms with Gasteiger partial charge >= 0.3 is 0 Å². The number of aromatic nitrogens is 1. The van der Waals surface area contributed by atoms with Crippen LogP contribution in [0.5, 0.6) is 0 Å². The van der Waals surface area contributed by atoms with Crippen LogP contribution in [0.3, 0.4) is 0 Å². The second-order valence-corrected chi connectivity index (χ2v) is 6.91. The first-order valence-electron chi connectivity index (χ1n) is 5.87. The van der Waals surface area contributed by atoms with E-state index in [2.05, 4.69) is 25.6 Å². The topological polar surface area (TPSA) is 85.1 Å². The van der Waals surface area contributed by atoms with E-state index in [1.165, 1.54) is 18.5 Å². The molecule has 0 aliphatic heterocycles. The van der Waals surface area contributed by atoms with Crippen molar-refractivity contribution >= 4 is 31.6 Å². The average Bonchev–Trinajstić information content (AvgIpc) is 2.39. The number of sulfonamides is 1. The van der Waals surface area contributed by atoms with Gasteiger partial charge in [-0.2, -0.15) is 0 Å². The van der Waals surface area contributed by atoms with E-state index in [1.807, 2.05) is 24.3 Å². The number of pyridine rings is 1. The van der Waals surface area contributed by atoms with Crippen LogP contribution in [0, 0.1) is 0 Å². The highest BCUT2D eigenvalue weighted by Crippen LogP contribution is 2.21. The summed E-state index contributed by atoms with van der Waals surface area (Å²) in [6.07, 6.45) is 2.69. The molecule has 1 unspecified atom stereocenters. The van der Waals surface area contributed by atoms with E-state index >= 15 is 0 Å². The van der Waals surface area contributed by atoms with Crippen LogP contribution in [-0.4, -0.2) is 13.4 Å². The highest BCUT2D eigenvalue weighted by molar-refractivity contribution is 9.10. The lowest BCUT2D eigenvalue weighted by molar-refractivity contribution is 0.567. The number of benzene rings is 1. The highest BCUT2D eigenvalue weighted by Gasteiger charge is 2.20. The van der Waals surface area contributed by atoms with E-state index in [0.717, 1.165) is 10.0 Å². The summed E-state index contributed by atoms with van der Waals surface area (Å²) in [5, 5.41) is 0. The lowest BCUT2D eigenvalue weighted by Crippen LogP contribution is -2.27. The van der Waals surface area contributed by atoms with E-state index in [1.54, 1.807) is 6.92 Å². The van der Waals surface area contributed by atoms with Gasteiger partial charge in [0.1, 0.15) is 4.90 Å². The van der Waals surface area contributed by atoms with Crippen molar-refractivity contribution in [3.05, 3.63) is 52.8 Å². The second kappa shape index (κ2) is 5.90. The zero-order valence-corrected chi connectivity index (χ0v) is 13.1. The first-order valence-corrected chi connectivity index (χ1v) is 8.15. The smallest absolute Gasteiger partial charge is 0.244 e. The van der Waals surface area contributed by atoms with Crippen molar-refractivity contribution in [1.82, 2.24) is 9.71 Å². The summed E-state index contributed by atoms with van der Waals surface area (Å²) >= 11 is 3.34. The largest absolute Gasteiger partial charge is 0.398 e. The molecule has 0 radical (unpaired) electrons. The normalized spacial score (nSPS) is 13.1. The molecule has 0 aliphatic carbocycles. The van der Waals surface area contributed by atoms with E-state index in [0.29, 0.717) is 0 Å². The Hall–Kier alpha value is -1.44. The minimum Gasteiger partial charge on any atom is -0.398 e. The zero-order valence-electron chi connectivity index (χ0n) is 10.7. The molecule has 0 saturated heterocycles. The Kier molecular flexibility index (Phi) is 4.42. The molecule has 5 nitrogen and oxygen atoms in total. The number of anilines is 1. The Labute approximate surface area is 126 Å². The number of rotatable bonds is 4. The number of hydrogen-bond donors (Lipinski definition) is 2. The van der Waals surface area contributed by atoms with Crippen LogP contribution < -0.4 is 10.5 Å². The molecule has 0 amide bonds. The van der Waals surface area contributed by atoms with Gasteiger partial charge in [0.15, 0.2) is 0 Å². The number of nitrogens with two attached hydrogens (primary N) is 1. The highest BCUT2D eigenvalue weighted by atomic mass is 79.9. The minimum atomic E-state index is -3.70. The summed E-state index contributed by atoms with van der Waals surface area (Å²) in [5.41, 5.74) is 6.71. The quantitative estimate of drug-likeness (QED) is 0.881. The molecule has 106 valence electrons. The Bertz CT molecular complexity index is 702. The average molecular weight is 356 g/mol. The van der Waals surface area contributed by atoms with Crippen LogP contribution in [0.1, 0.15) is 18.5 Å². The molecule has 0 aliphatic rings. The van der Waals surface area contributed by atoms with Gasteiger partial charge in [0, 0.05) is 22.9 Å². The molecule has 2 aromatic rings. The van der Waals surface area contributed by atoms with Crippen LogP contribution in [0.25, 0.3) is 0 Å². The van der Waals surface area contributed by atoms with Crippen molar-refractivity contribution in [3.63, 3.8) is 0 Å². The van der Waals surface area contributed by atoms with Gasteiger partial charge in [-0.3, -0.25) is 4.98 Å². The second-order valence-electron chi connectivity index (χ2n) is 4.31. The Balaban J connectivity index is 2.24. The van der Waals surface area contributed by atoms with E-state index < -0.39 is 10.0 Å². The van der Waals surface area contributed by atoms with Crippen LogP contribution in [0.4, 0.5) is 5.69 Å². The van der Waals surface area contributed by atoms with Gasteiger partial charge in [-0.05, 0) is 30.7 Å². The van der Waals surface area contributed by atoms with E-state index in [4.69, 9.17) is 5.73 Å². The fourth-order valence-electron chi connectivity index (χ4n) is 1.73. The third kappa shape index (κ3) is 3.36. The fourth-order valence-corrected chi connectivity index (χ4v) is 3.30. The first-order chi connectivity index (χ1) is 9.40. The van der Waals surface area contributed by atoms with Crippen molar-refractivity contribution in [3.8, 4) is 0 Å². The van der Waals surface area contributed by atoms with Gasteiger partial charge in [-0.1, -0.05) is 28.1 Å². The summed E-state index contributed by atoms with van der Waals surface area (Å²) in [4.78, 5) is 3.79. The van der Waals surface area contributed by atoms with Crippen molar-refractivity contribution in [2.45, 2.75) is 17.9 Å². The third-order valence-corrected chi connectivity index (χ3v) is 4.92. The van der Waals surface area contributed by atoms with Gasteiger partial charge in [0.05, 0.1) is 5.69 Å². The molecule has 7 heteroatoms. The molecule has 2 rings (SSSR count). The van der Waals surface area contributed by atoms with Crippen LogP contribution >= 0.6 is 15.9 Å². The molecule has 1 heterocycles. The number of nitrogens with one attached hydrogen (secondary N) is 1. The SMILES string of the molecule is CC(NS(=O)(=O)c1cnccc1N)c1ccc(Br)cc1. The molecule has 3 N–H and O–H groups in total. The molecule has 1 atom stereocenters. The standard InChI is InChI=1S/C13H14BrN3O2S/c1-9(10-2-4-11(14)5-3-10)17-20(18,19)13-8-16-7-6-12(13)15/h2-9,17H,1H3,(H2,15,16). The van der Waals surface area contributed by atoms with E-state index in [-0.39, 0.29) is 16.6 Å². The maximum absolute atomic E-state index is 12.3. The summed E-state index contributed by atoms with van der Waals surface area (Å²) < 4.78 is 28.1. The Morgan fingerprint density at radius 1 is 1.25 bits per heavy atom. The molecule has 1 aromatic carbocycles. The van der Waals surface area contributed by atoms with Gasteiger partial charge < -0.3 is 5.73 Å². The third-order valence-electron chi connectivity index (χ3n) is 2.81. The summed E-state index contributed by atoms with van der Waals surface area (Å²) in [6.45, 7) is 1.77. The van der Waals surface area contributed by atoms with Gasteiger partial charge in [0.25, 0.3) is 0 Å². The number of nitrogens with zero attached hydrogens (tertiary/aromatic N) is 1. The zero-order chi connectivity index (χ0) is 14.8. The lowest BCUT2D eigenvalue weighted by atomic mass is 10.1. The molecule has 0 saturated carbocycles. The van der Waals surface area contributed by atoms with Crippen LogP contribution in [-0.2, 0) is 10.0 Å². The number of nitrogen functional groups attached to an aromatic ring is 1. The predicted molar refractivity (Wildman–Crippen MR) is 81.5 cm³/mol. The molecule has 20 heavy (non-hydrogen) atoms. The molecular formula is C13H14BrN3O2S. The number of halogens is 1. The molecule has 0 fully saturated rings. The summed E-state index contributed by atoms with van der Waals surface area (Å²) in [7, 11) is -3.70. The van der Waals surface area contributed by atoms with Gasteiger partial charge in [-0.15, -0.1) is 0 Å². The minimum absolute atomic E-state index is 0.0102. The van der Waals surface area contributed by atoms with E-state index in [9.17, 15) is 8.42 Å². The molecular weight excluding hydrogens is 342 g/mol. The van der Waals surface area contributed by atoms with Crippen LogP contribution in [0.2, 0.25) is 0 Å². The molecule has 0 bridgehead atoms. The molecule has 1 aromatic heterocycles. The van der Waals surface area contributed by atoms with Crippen molar-refractivity contribution in [2.24, 2.45) is 0 Å². The Morgan fingerprint density at radius 3 is 2.50 bits per heavy atom. The van der Waals surface area contributed by atoms with Gasteiger partial charge in [-0.25, -0.2) is 13.1 Å².